The maximum absolute atomic E-state index is 11.8. The minimum atomic E-state index is -0.225. The van der Waals surface area contributed by atoms with Crippen LogP contribution in [0.4, 0.5) is 0 Å². The van der Waals surface area contributed by atoms with Crippen molar-refractivity contribution in [1.29, 1.82) is 0 Å². The predicted octanol–water partition coefficient (Wildman–Crippen LogP) is 2.85. The molecule has 0 aliphatic rings. The van der Waals surface area contributed by atoms with E-state index in [0.29, 0.717) is 6.54 Å². The predicted molar refractivity (Wildman–Crippen MR) is 75.5 cm³/mol. The fourth-order valence-electron chi connectivity index (χ4n) is 1.97. The standard InChI is InChI=1S/C15H23NO3/c1-11(17)16(15(2,3)4)10-12-7-8-13(18-5)9-14(12)19-6/h7-9H,10H2,1-6H3. The number of methoxy groups -OCH3 is 2. The number of carbonyl (C=O) groups is 1. The van der Waals surface area contributed by atoms with E-state index < -0.39 is 0 Å². The second kappa shape index (κ2) is 5.95. The topological polar surface area (TPSA) is 38.8 Å². The third kappa shape index (κ3) is 3.88. The van der Waals surface area contributed by atoms with Crippen molar-refractivity contribution in [3.63, 3.8) is 0 Å². The molecule has 0 fully saturated rings. The van der Waals surface area contributed by atoms with E-state index in [2.05, 4.69) is 0 Å². The highest BCUT2D eigenvalue weighted by Gasteiger charge is 2.24. The van der Waals surface area contributed by atoms with Crippen LogP contribution in [0.1, 0.15) is 33.3 Å². The van der Waals surface area contributed by atoms with E-state index in [1.807, 2.05) is 43.9 Å². The lowest BCUT2D eigenvalue weighted by Gasteiger charge is -2.35. The van der Waals surface area contributed by atoms with Gasteiger partial charge in [-0.2, -0.15) is 0 Å². The van der Waals surface area contributed by atoms with Gasteiger partial charge in [-0.3, -0.25) is 4.79 Å². The quantitative estimate of drug-likeness (QED) is 0.840. The van der Waals surface area contributed by atoms with Crippen LogP contribution < -0.4 is 9.47 Å². The van der Waals surface area contributed by atoms with Crippen molar-refractivity contribution >= 4 is 5.91 Å². The number of hydrogen-bond acceptors (Lipinski definition) is 3. The maximum atomic E-state index is 11.8. The molecule has 106 valence electrons. The average molecular weight is 265 g/mol. The summed E-state index contributed by atoms with van der Waals surface area (Å²) in [5.41, 5.74) is 0.741. The summed E-state index contributed by atoms with van der Waals surface area (Å²) in [7, 11) is 3.24. The van der Waals surface area contributed by atoms with Crippen LogP contribution >= 0.6 is 0 Å². The molecule has 0 unspecified atom stereocenters. The number of hydrogen-bond donors (Lipinski definition) is 0. The normalized spacial score (nSPS) is 11.1. The van der Waals surface area contributed by atoms with Crippen molar-refractivity contribution in [3.05, 3.63) is 23.8 Å². The Balaban J connectivity index is 3.06. The molecule has 0 spiro atoms. The number of nitrogens with zero attached hydrogens (tertiary/aromatic N) is 1. The third-order valence-electron chi connectivity index (χ3n) is 3.01. The summed E-state index contributed by atoms with van der Waals surface area (Å²) in [4.78, 5) is 13.6. The number of ether oxygens (including phenoxy) is 2. The van der Waals surface area contributed by atoms with Gasteiger partial charge in [0.05, 0.1) is 14.2 Å². The Hall–Kier alpha value is -1.71. The zero-order chi connectivity index (χ0) is 14.6. The molecule has 0 heterocycles. The van der Waals surface area contributed by atoms with Crippen LogP contribution in [0.5, 0.6) is 11.5 Å². The second-order valence-corrected chi connectivity index (χ2v) is 5.45. The lowest BCUT2D eigenvalue weighted by Crippen LogP contribution is -2.43. The van der Waals surface area contributed by atoms with Crippen molar-refractivity contribution in [1.82, 2.24) is 4.90 Å². The highest BCUT2D eigenvalue weighted by Crippen LogP contribution is 2.27. The van der Waals surface area contributed by atoms with Gasteiger partial charge in [-0.25, -0.2) is 0 Å². The molecule has 1 aromatic rings. The van der Waals surface area contributed by atoms with Crippen LogP contribution in [0.15, 0.2) is 18.2 Å². The van der Waals surface area contributed by atoms with E-state index in [0.717, 1.165) is 17.1 Å². The van der Waals surface area contributed by atoms with Gasteiger partial charge in [-0.05, 0) is 32.9 Å². The number of benzene rings is 1. The van der Waals surface area contributed by atoms with Crippen molar-refractivity contribution < 1.29 is 14.3 Å². The average Bonchev–Trinajstić information content (AvgIpc) is 2.33. The smallest absolute Gasteiger partial charge is 0.220 e. The van der Waals surface area contributed by atoms with Gasteiger partial charge in [0.2, 0.25) is 5.91 Å². The highest BCUT2D eigenvalue weighted by atomic mass is 16.5. The van der Waals surface area contributed by atoms with E-state index >= 15 is 0 Å². The summed E-state index contributed by atoms with van der Waals surface area (Å²) < 4.78 is 10.5. The molecule has 1 amide bonds. The van der Waals surface area contributed by atoms with Gasteiger partial charge in [0, 0.05) is 30.6 Å². The van der Waals surface area contributed by atoms with E-state index in [-0.39, 0.29) is 11.4 Å². The summed E-state index contributed by atoms with van der Waals surface area (Å²) in [6.45, 7) is 8.16. The molecule has 0 aromatic heterocycles. The molecule has 0 bridgehead atoms. The van der Waals surface area contributed by atoms with Crippen LogP contribution in [-0.2, 0) is 11.3 Å². The summed E-state index contributed by atoms with van der Waals surface area (Å²) in [5.74, 6) is 1.52. The van der Waals surface area contributed by atoms with E-state index in [1.54, 1.807) is 21.1 Å². The van der Waals surface area contributed by atoms with Gasteiger partial charge in [-0.1, -0.05) is 0 Å². The van der Waals surface area contributed by atoms with Crippen LogP contribution in [0, 0.1) is 0 Å². The SMILES string of the molecule is COc1ccc(CN(C(C)=O)C(C)(C)C)c(OC)c1. The zero-order valence-electron chi connectivity index (χ0n) is 12.6. The molecule has 0 N–H and O–H groups in total. The van der Waals surface area contributed by atoms with Crippen molar-refractivity contribution in [3.8, 4) is 11.5 Å². The number of carbonyl (C=O) groups excluding carboxylic acids is 1. The van der Waals surface area contributed by atoms with Crippen molar-refractivity contribution in [2.75, 3.05) is 14.2 Å². The minimum absolute atomic E-state index is 0.0466. The van der Waals surface area contributed by atoms with Gasteiger partial charge in [0.1, 0.15) is 11.5 Å². The second-order valence-electron chi connectivity index (χ2n) is 5.45. The maximum Gasteiger partial charge on any atom is 0.220 e. The van der Waals surface area contributed by atoms with Crippen molar-refractivity contribution in [2.24, 2.45) is 0 Å². The monoisotopic (exact) mass is 265 g/mol. The van der Waals surface area contributed by atoms with Gasteiger partial charge >= 0.3 is 0 Å². The molecule has 4 heteroatoms. The molecule has 1 rings (SSSR count). The van der Waals surface area contributed by atoms with Gasteiger partial charge < -0.3 is 14.4 Å². The first-order valence-electron chi connectivity index (χ1n) is 6.28. The van der Waals surface area contributed by atoms with Gasteiger partial charge in [0.25, 0.3) is 0 Å². The van der Waals surface area contributed by atoms with Gasteiger partial charge in [-0.15, -0.1) is 0 Å². The molecule has 1 aromatic carbocycles. The first kappa shape index (κ1) is 15.3. The number of amides is 1. The third-order valence-corrected chi connectivity index (χ3v) is 3.01. The van der Waals surface area contributed by atoms with Crippen LogP contribution in [0.25, 0.3) is 0 Å². The Labute approximate surface area is 115 Å². The molecular formula is C15H23NO3. The molecular weight excluding hydrogens is 242 g/mol. The van der Waals surface area contributed by atoms with Gasteiger partial charge in [0.15, 0.2) is 0 Å². The molecule has 0 saturated carbocycles. The molecule has 4 nitrogen and oxygen atoms in total. The Kier molecular flexibility index (Phi) is 4.81. The molecule has 0 radical (unpaired) electrons. The van der Waals surface area contributed by atoms with E-state index in [1.165, 1.54) is 0 Å². The Morgan fingerprint density at radius 3 is 2.26 bits per heavy atom. The first-order valence-corrected chi connectivity index (χ1v) is 6.28. The molecule has 0 aliphatic heterocycles. The van der Waals surface area contributed by atoms with E-state index in [4.69, 9.17) is 9.47 Å². The first-order chi connectivity index (χ1) is 8.79. The van der Waals surface area contributed by atoms with Crippen LogP contribution in [-0.4, -0.2) is 30.6 Å². The fraction of sp³-hybridized carbons (Fsp3) is 0.533. The lowest BCUT2D eigenvalue weighted by molar-refractivity contribution is -0.134. The van der Waals surface area contributed by atoms with Crippen LogP contribution in [0.3, 0.4) is 0 Å². The van der Waals surface area contributed by atoms with Crippen LogP contribution in [0.2, 0.25) is 0 Å². The number of rotatable bonds is 4. The Morgan fingerprint density at radius 2 is 1.84 bits per heavy atom. The highest BCUT2D eigenvalue weighted by molar-refractivity contribution is 5.74. The molecule has 0 saturated heterocycles. The summed E-state index contributed by atoms with van der Waals surface area (Å²) in [5, 5.41) is 0. The van der Waals surface area contributed by atoms with E-state index in [9.17, 15) is 4.79 Å². The molecule has 0 aliphatic carbocycles. The van der Waals surface area contributed by atoms with Crippen molar-refractivity contribution in [2.45, 2.75) is 39.8 Å². The lowest BCUT2D eigenvalue weighted by atomic mass is 10.0. The Morgan fingerprint density at radius 1 is 1.21 bits per heavy atom. The fourth-order valence-corrected chi connectivity index (χ4v) is 1.97. The minimum Gasteiger partial charge on any atom is -0.497 e. The Bertz CT molecular complexity index is 449. The largest absolute Gasteiger partial charge is 0.497 e. The summed E-state index contributed by atoms with van der Waals surface area (Å²) in [6.07, 6.45) is 0. The summed E-state index contributed by atoms with van der Waals surface area (Å²) in [6, 6.07) is 5.63. The summed E-state index contributed by atoms with van der Waals surface area (Å²) >= 11 is 0. The molecule has 19 heavy (non-hydrogen) atoms. The molecule has 0 atom stereocenters. The zero-order valence-corrected chi connectivity index (χ0v) is 12.6.